The Bertz CT molecular complexity index is 628. The predicted molar refractivity (Wildman–Crippen MR) is 116 cm³/mol. The van der Waals surface area contributed by atoms with Gasteiger partial charge in [-0.25, -0.2) is 0 Å². The zero-order valence-corrected chi connectivity index (χ0v) is 17.8. The van der Waals surface area contributed by atoms with Gasteiger partial charge in [-0.15, -0.1) is 20.2 Å². The number of carbonyl (C=O) groups excluding carboxylic acids is 1. The molecule has 0 radical (unpaired) electrons. The highest BCUT2D eigenvalue weighted by molar-refractivity contribution is 8.14. The predicted octanol–water partition coefficient (Wildman–Crippen LogP) is 1.37. The van der Waals surface area contributed by atoms with E-state index in [1.165, 1.54) is 6.92 Å². The summed E-state index contributed by atoms with van der Waals surface area (Å²) in [5.41, 5.74) is 0. The van der Waals surface area contributed by atoms with Crippen LogP contribution in [0.2, 0.25) is 0 Å². The minimum absolute atomic E-state index is 0. The molecule has 4 rings (SSSR count). The molecule has 13 nitrogen and oxygen atoms in total. The van der Waals surface area contributed by atoms with Crippen LogP contribution < -0.4 is 0 Å². The summed E-state index contributed by atoms with van der Waals surface area (Å²) in [6.45, 7) is 2.78. The van der Waals surface area contributed by atoms with Crippen molar-refractivity contribution in [3.8, 4) is 0 Å². The van der Waals surface area contributed by atoms with Crippen molar-refractivity contribution in [1.29, 1.82) is 0 Å². The summed E-state index contributed by atoms with van der Waals surface area (Å²) in [6.07, 6.45) is -0.347. The molecule has 4 heterocycles. The lowest BCUT2D eigenvalue weighted by atomic mass is 10.1. The number of thioether (sulfide) groups is 2. The first-order valence-corrected chi connectivity index (χ1v) is 11.3. The van der Waals surface area contributed by atoms with Crippen molar-refractivity contribution in [2.75, 3.05) is 32.7 Å². The van der Waals surface area contributed by atoms with Crippen molar-refractivity contribution in [3.05, 3.63) is 20.2 Å². The standard InChI is InChI=1S/C8H11NO6S.C7H11NO5S.2CH4/c1-4(10)16-6-3-14-7-5(15-9(11)12)2-13-8(6)7;1-14-5-3-12-6-4(13-8(9)10)2-11-7(5)6;;/h5-8H,2-3H2,1H3;4-7H,2-3H2,1H3;2*1H4/t5-,6+,7-,8-;4-,5+,6-,7-;;/m11../s1. The SMILES string of the molecule is C.C.CC(=O)S[C@H]1CO[C@H]2[C@@H]1OC[C@H]2O[N+](=O)[O-].CS[C@H]1CO[C@H]2[C@@H]1OC[C@H]2O[N+](=O)[O-]. The van der Waals surface area contributed by atoms with Gasteiger partial charge in [0.25, 0.3) is 10.2 Å². The molecule has 4 fully saturated rings. The number of hydrogen-bond acceptors (Lipinski definition) is 13. The molecule has 0 aromatic rings. The van der Waals surface area contributed by atoms with Gasteiger partial charge >= 0.3 is 0 Å². The molecule has 0 aliphatic carbocycles. The van der Waals surface area contributed by atoms with E-state index in [1.807, 2.05) is 6.26 Å². The fraction of sp³-hybridized carbons (Fsp3) is 0.941. The van der Waals surface area contributed by atoms with Crippen LogP contribution in [0.4, 0.5) is 0 Å². The smallest absolute Gasteiger partial charge is 0.294 e. The van der Waals surface area contributed by atoms with Crippen molar-refractivity contribution in [2.45, 2.75) is 68.9 Å². The van der Waals surface area contributed by atoms with Gasteiger partial charge in [-0.1, -0.05) is 26.6 Å². The van der Waals surface area contributed by atoms with Gasteiger partial charge in [0.05, 0.1) is 36.9 Å². The van der Waals surface area contributed by atoms with Crippen LogP contribution in [0.15, 0.2) is 0 Å². The number of nitrogens with zero attached hydrogens (tertiary/aromatic N) is 2. The molecule has 8 atom stereocenters. The Balaban J connectivity index is 0.000000303. The topological polar surface area (TPSA) is 159 Å². The summed E-state index contributed by atoms with van der Waals surface area (Å²) in [5, 5.41) is 18.9. The lowest BCUT2D eigenvalue weighted by Crippen LogP contribution is -2.33. The lowest BCUT2D eigenvalue weighted by Gasteiger charge is -2.14. The van der Waals surface area contributed by atoms with E-state index in [0.717, 1.165) is 11.8 Å². The van der Waals surface area contributed by atoms with Gasteiger partial charge in [-0.05, 0) is 6.26 Å². The summed E-state index contributed by atoms with van der Waals surface area (Å²) in [5.74, 6) is 0. The molecule has 4 aliphatic heterocycles. The van der Waals surface area contributed by atoms with Gasteiger partial charge in [0.1, 0.15) is 24.4 Å². The number of ether oxygens (including phenoxy) is 4. The normalized spacial score (nSPS) is 36.4. The van der Waals surface area contributed by atoms with E-state index < -0.39 is 28.5 Å². The monoisotopic (exact) mass is 502 g/mol. The molecule has 15 heteroatoms. The molecule has 0 bridgehead atoms. The van der Waals surface area contributed by atoms with Crippen molar-refractivity contribution in [3.63, 3.8) is 0 Å². The second kappa shape index (κ2) is 12.7. The minimum Gasteiger partial charge on any atom is -0.372 e. The van der Waals surface area contributed by atoms with E-state index in [1.54, 1.807) is 11.8 Å². The highest BCUT2D eigenvalue weighted by atomic mass is 32.2. The third kappa shape index (κ3) is 6.81. The van der Waals surface area contributed by atoms with Crippen LogP contribution in [0.1, 0.15) is 21.8 Å². The third-order valence-corrected chi connectivity index (χ3v) is 7.04. The van der Waals surface area contributed by atoms with E-state index in [9.17, 15) is 25.0 Å². The van der Waals surface area contributed by atoms with Gasteiger partial charge in [-0.3, -0.25) is 4.79 Å². The largest absolute Gasteiger partial charge is 0.372 e. The first-order valence-electron chi connectivity index (χ1n) is 9.09. The van der Waals surface area contributed by atoms with Crippen molar-refractivity contribution < 1.29 is 43.6 Å². The summed E-state index contributed by atoms with van der Waals surface area (Å²) in [6, 6.07) is 0. The highest BCUT2D eigenvalue weighted by Gasteiger charge is 2.50. The molecule has 0 amide bonds. The Labute approximate surface area is 194 Å². The van der Waals surface area contributed by atoms with E-state index in [0.29, 0.717) is 13.2 Å². The van der Waals surface area contributed by atoms with Gasteiger partial charge in [0.2, 0.25) is 0 Å². The first kappa shape index (κ1) is 28.6. The summed E-state index contributed by atoms with van der Waals surface area (Å²) < 4.78 is 21.6. The molecule has 4 aliphatic rings. The van der Waals surface area contributed by atoms with Crippen LogP contribution in [0.3, 0.4) is 0 Å². The summed E-state index contributed by atoms with van der Waals surface area (Å²) in [7, 11) is 0. The molecule has 0 saturated carbocycles. The van der Waals surface area contributed by atoms with Crippen molar-refractivity contribution in [1.82, 2.24) is 0 Å². The van der Waals surface area contributed by atoms with Crippen LogP contribution in [-0.4, -0.2) is 95.1 Å². The number of carbonyl (C=O) groups is 1. The number of hydrogen-bond donors (Lipinski definition) is 0. The Morgan fingerprint density at radius 1 is 0.812 bits per heavy atom. The Kier molecular flexibility index (Phi) is 11.4. The number of rotatable bonds is 6. The molecular weight excluding hydrogens is 472 g/mol. The average molecular weight is 503 g/mol. The maximum Gasteiger partial charge on any atom is 0.294 e. The van der Waals surface area contributed by atoms with Crippen LogP contribution in [0.25, 0.3) is 0 Å². The van der Waals surface area contributed by atoms with E-state index >= 15 is 0 Å². The Morgan fingerprint density at radius 2 is 1.22 bits per heavy atom. The molecule has 0 N–H and O–H groups in total. The van der Waals surface area contributed by atoms with Crippen LogP contribution in [0.5, 0.6) is 0 Å². The minimum atomic E-state index is -0.842. The summed E-state index contributed by atoms with van der Waals surface area (Å²) in [4.78, 5) is 40.3. The molecule has 32 heavy (non-hydrogen) atoms. The van der Waals surface area contributed by atoms with Gasteiger partial charge in [0, 0.05) is 6.92 Å². The van der Waals surface area contributed by atoms with E-state index in [4.69, 9.17) is 18.9 Å². The second-order valence-corrected chi connectivity index (χ2v) is 9.34. The van der Waals surface area contributed by atoms with Gasteiger partial charge in [-0.2, -0.15) is 11.8 Å². The third-order valence-electron chi connectivity index (χ3n) is 4.99. The quantitative estimate of drug-likeness (QED) is 0.379. The fourth-order valence-corrected chi connectivity index (χ4v) is 5.43. The Hall–Kier alpha value is -1.39. The molecule has 0 unspecified atom stereocenters. The maximum absolute atomic E-state index is 11.0. The molecule has 0 aromatic heterocycles. The molecule has 186 valence electrons. The van der Waals surface area contributed by atoms with Crippen LogP contribution >= 0.6 is 23.5 Å². The second-order valence-electron chi connectivity index (χ2n) is 6.85. The molecular formula is C17H30N2O11S2. The van der Waals surface area contributed by atoms with Crippen LogP contribution in [0, 0.1) is 20.2 Å². The molecule has 0 spiro atoms. The summed E-state index contributed by atoms with van der Waals surface area (Å²) >= 11 is 2.80. The van der Waals surface area contributed by atoms with Crippen molar-refractivity contribution in [2.24, 2.45) is 0 Å². The highest BCUT2D eigenvalue weighted by Crippen LogP contribution is 2.35. The molecule has 4 saturated heterocycles. The van der Waals surface area contributed by atoms with Crippen molar-refractivity contribution >= 4 is 28.6 Å². The maximum atomic E-state index is 11.0. The lowest BCUT2D eigenvalue weighted by molar-refractivity contribution is -0.769. The number of fused-ring (bicyclic) bond motifs is 2. The zero-order chi connectivity index (χ0) is 21.8. The first-order chi connectivity index (χ1) is 14.3. The van der Waals surface area contributed by atoms with E-state index in [-0.39, 0.29) is 62.0 Å². The van der Waals surface area contributed by atoms with E-state index in [2.05, 4.69) is 9.68 Å². The average Bonchev–Trinajstić information content (AvgIpc) is 3.40. The van der Waals surface area contributed by atoms with Crippen LogP contribution in [-0.2, 0) is 33.4 Å². The fourth-order valence-electron chi connectivity index (χ4n) is 3.78. The zero-order valence-electron chi connectivity index (χ0n) is 16.1. The molecule has 0 aromatic carbocycles. The van der Waals surface area contributed by atoms with Gasteiger partial charge in [0.15, 0.2) is 17.3 Å². The van der Waals surface area contributed by atoms with Gasteiger partial charge < -0.3 is 28.6 Å². The Morgan fingerprint density at radius 3 is 1.62 bits per heavy atom.